The average Bonchev–Trinajstić information content (AvgIpc) is 3.04. The molecular weight excluding hydrogens is 389 g/mol. The van der Waals surface area contributed by atoms with Gasteiger partial charge < -0.3 is 10.2 Å². The minimum Gasteiger partial charge on any atom is -0.350 e. The van der Waals surface area contributed by atoms with Crippen LogP contribution in [0.1, 0.15) is 5.56 Å². The first kappa shape index (κ1) is 18.4. The molecule has 3 rings (SSSR count). The van der Waals surface area contributed by atoms with Crippen LogP contribution in [0.15, 0.2) is 36.0 Å². The molecule has 5 nitrogen and oxygen atoms in total. The lowest BCUT2D eigenvalue weighted by Gasteiger charge is -2.18. The summed E-state index contributed by atoms with van der Waals surface area (Å²) >= 11 is 7.02. The number of carbonyl (C=O) groups is 1. The Bertz CT molecular complexity index is 960. The zero-order chi connectivity index (χ0) is 18.9. The number of nitrogens with zero attached hydrogens (tertiary/aromatic N) is 3. The predicted octanol–water partition coefficient (Wildman–Crippen LogP) is 4.44. The molecule has 10 heteroatoms. The number of likely N-dealkylation sites (N-methyl/N-ethyl adjacent to an activating group) is 1. The summed E-state index contributed by atoms with van der Waals surface area (Å²) in [6.07, 6.45) is -3.20. The third-order valence-electron chi connectivity index (χ3n) is 3.54. The fourth-order valence-corrected chi connectivity index (χ4v) is 3.34. The number of halogens is 4. The van der Waals surface area contributed by atoms with Crippen LogP contribution in [-0.2, 0) is 11.0 Å². The number of anilines is 2. The largest absolute Gasteiger partial charge is 0.417 e. The Morgan fingerprint density at radius 1 is 1.31 bits per heavy atom. The number of alkyl halides is 3. The summed E-state index contributed by atoms with van der Waals surface area (Å²) in [5.74, 6) is 0.0865. The Morgan fingerprint density at radius 2 is 2.08 bits per heavy atom. The van der Waals surface area contributed by atoms with Crippen LogP contribution in [0.4, 0.5) is 24.7 Å². The predicted molar refractivity (Wildman–Crippen MR) is 95.8 cm³/mol. The van der Waals surface area contributed by atoms with Crippen molar-refractivity contribution in [2.75, 3.05) is 23.8 Å². The van der Waals surface area contributed by atoms with Crippen LogP contribution in [0.25, 0.3) is 10.2 Å². The molecule has 0 saturated heterocycles. The highest BCUT2D eigenvalue weighted by Crippen LogP contribution is 2.36. The van der Waals surface area contributed by atoms with Gasteiger partial charge in [-0.15, -0.1) is 11.3 Å². The molecule has 1 aromatic carbocycles. The van der Waals surface area contributed by atoms with Crippen molar-refractivity contribution in [2.45, 2.75) is 6.18 Å². The molecule has 3 aromatic rings. The fourth-order valence-electron chi connectivity index (χ4n) is 2.39. The number of carbonyl (C=O) groups excluding carboxylic acids is 1. The number of thiophene rings is 1. The van der Waals surface area contributed by atoms with E-state index in [1.807, 2.05) is 11.4 Å². The lowest BCUT2D eigenvalue weighted by atomic mass is 10.2. The molecule has 0 radical (unpaired) electrons. The number of fused-ring (bicyclic) bond motifs is 1. The number of benzene rings is 1. The lowest BCUT2D eigenvalue weighted by molar-refractivity contribution is -0.137. The molecule has 0 bridgehead atoms. The Kier molecular flexibility index (Phi) is 5.01. The molecule has 0 saturated carbocycles. The van der Waals surface area contributed by atoms with E-state index in [0.29, 0.717) is 5.82 Å². The SMILES string of the molecule is CN(CC(=O)Nc1ccc(Cl)c(C(F)(F)F)c1)c1ncnc2sccc12. The van der Waals surface area contributed by atoms with Gasteiger partial charge in [0.05, 0.1) is 22.5 Å². The van der Waals surface area contributed by atoms with E-state index in [1.165, 1.54) is 23.7 Å². The van der Waals surface area contributed by atoms with Gasteiger partial charge in [0.1, 0.15) is 17.0 Å². The minimum atomic E-state index is -4.60. The Balaban J connectivity index is 1.74. The van der Waals surface area contributed by atoms with Gasteiger partial charge in [-0.05, 0) is 29.6 Å². The molecule has 0 spiro atoms. The molecule has 1 N–H and O–H groups in total. The first-order chi connectivity index (χ1) is 12.3. The van der Waals surface area contributed by atoms with E-state index in [4.69, 9.17) is 11.6 Å². The van der Waals surface area contributed by atoms with Crippen molar-refractivity contribution in [3.63, 3.8) is 0 Å². The normalized spacial score (nSPS) is 11.6. The lowest BCUT2D eigenvalue weighted by Crippen LogP contribution is -2.30. The van der Waals surface area contributed by atoms with Gasteiger partial charge in [-0.25, -0.2) is 9.97 Å². The number of hydrogen-bond donors (Lipinski definition) is 1. The van der Waals surface area contributed by atoms with Crippen LogP contribution in [0.3, 0.4) is 0 Å². The van der Waals surface area contributed by atoms with Crippen molar-refractivity contribution in [3.05, 3.63) is 46.6 Å². The second-order valence-electron chi connectivity index (χ2n) is 5.43. The third-order valence-corrected chi connectivity index (χ3v) is 4.69. The van der Waals surface area contributed by atoms with Crippen LogP contribution in [0.2, 0.25) is 5.02 Å². The second-order valence-corrected chi connectivity index (χ2v) is 6.74. The van der Waals surface area contributed by atoms with Gasteiger partial charge in [0.25, 0.3) is 0 Å². The summed E-state index contributed by atoms with van der Waals surface area (Å²) in [4.78, 5) is 22.9. The van der Waals surface area contributed by atoms with E-state index in [0.717, 1.165) is 22.3 Å². The van der Waals surface area contributed by atoms with Crippen LogP contribution < -0.4 is 10.2 Å². The molecule has 0 atom stereocenters. The molecule has 0 aliphatic heterocycles. The fraction of sp³-hybridized carbons (Fsp3) is 0.188. The van der Waals surface area contributed by atoms with Crippen molar-refractivity contribution < 1.29 is 18.0 Å². The first-order valence-electron chi connectivity index (χ1n) is 7.31. The molecule has 136 valence electrons. The van der Waals surface area contributed by atoms with Crippen molar-refractivity contribution in [2.24, 2.45) is 0 Å². The van der Waals surface area contributed by atoms with Crippen molar-refractivity contribution in [3.8, 4) is 0 Å². The highest BCUT2D eigenvalue weighted by molar-refractivity contribution is 7.16. The quantitative estimate of drug-likeness (QED) is 0.703. The van der Waals surface area contributed by atoms with Gasteiger partial charge in [-0.2, -0.15) is 13.2 Å². The van der Waals surface area contributed by atoms with E-state index in [9.17, 15) is 18.0 Å². The van der Waals surface area contributed by atoms with E-state index >= 15 is 0 Å². The molecule has 0 aliphatic rings. The molecule has 1 amide bonds. The smallest absolute Gasteiger partial charge is 0.350 e. The summed E-state index contributed by atoms with van der Waals surface area (Å²) < 4.78 is 38.7. The van der Waals surface area contributed by atoms with Gasteiger partial charge in [0.2, 0.25) is 5.91 Å². The molecule has 2 aromatic heterocycles. The van der Waals surface area contributed by atoms with Crippen molar-refractivity contribution in [1.29, 1.82) is 0 Å². The zero-order valence-electron chi connectivity index (χ0n) is 13.3. The molecular formula is C16H12ClF3N4OS. The van der Waals surface area contributed by atoms with Crippen molar-refractivity contribution in [1.82, 2.24) is 9.97 Å². The number of hydrogen-bond acceptors (Lipinski definition) is 5. The molecule has 2 heterocycles. The average molecular weight is 401 g/mol. The van der Waals surface area contributed by atoms with Crippen molar-refractivity contribution >= 4 is 50.6 Å². The molecule has 0 fully saturated rings. The molecule has 26 heavy (non-hydrogen) atoms. The second kappa shape index (κ2) is 7.08. The number of amides is 1. The highest BCUT2D eigenvalue weighted by atomic mass is 35.5. The van der Waals surface area contributed by atoms with E-state index in [1.54, 1.807) is 11.9 Å². The number of rotatable bonds is 4. The maximum atomic E-state index is 12.9. The highest BCUT2D eigenvalue weighted by Gasteiger charge is 2.33. The monoisotopic (exact) mass is 400 g/mol. The van der Waals surface area contributed by atoms with Gasteiger partial charge in [-0.1, -0.05) is 11.6 Å². The molecule has 0 aliphatic carbocycles. The summed E-state index contributed by atoms with van der Waals surface area (Å²) in [6.45, 7) is -0.0913. The zero-order valence-corrected chi connectivity index (χ0v) is 14.9. The standard InChI is InChI=1S/C16H12ClF3N4OS/c1-24(14-10-4-5-26-15(10)22-8-21-14)7-13(25)23-9-2-3-12(17)11(6-9)16(18,19)20/h2-6,8H,7H2,1H3,(H,23,25). The maximum Gasteiger partial charge on any atom is 0.417 e. The number of aromatic nitrogens is 2. The van der Waals surface area contributed by atoms with E-state index in [2.05, 4.69) is 15.3 Å². The van der Waals surface area contributed by atoms with Crippen LogP contribution in [-0.4, -0.2) is 29.5 Å². The summed E-state index contributed by atoms with van der Waals surface area (Å²) in [6, 6.07) is 5.07. The van der Waals surface area contributed by atoms with Gasteiger partial charge >= 0.3 is 6.18 Å². The van der Waals surface area contributed by atoms with Crippen LogP contribution in [0, 0.1) is 0 Å². The van der Waals surface area contributed by atoms with Crippen LogP contribution in [0.5, 0.6) is 0 Å². The summed E-state index contributed by atoms with van der Waals surface area (Å²) in [7, 11) is 1.67. The molecule has 0 unspecified atom stereocenters. The van der Waals surface area contributed by atoms with E-state index < -0.39 is 22.7 Å². The minimum absolute atomic E-state index is 0.0171. The Labute approximate surface area is 155 Å². The number of nitrogens with one attached hydrogen (secondary N) is 1. The van der Waals surface area contributed by atoms with Gasteiger partial charge in [0, 0.05) is 12.7 Å². The maximum absolute atomic E-state index is 12.9. The summed E-state index contributed by atoms with van der Waals surface area (Å²) in [5, 5.41) is 4.69. The van der Waals surface area contributed by atoms with Gasteiger partial charge in [0.15, 0.2) is 0 Å². The third kappa shape index (κ3) is 3.88. The Morgan fingerprint density at radius 3 is 2.81 bits per heavy atom. The summed E-state index contributed by atoms with van der Waals surface area (Å²) in [5.41, 5.74) is -0.982. The van der Waals surface area contributed by atoms with E-state index in [-0.39, 0.29) is 12.2 Å². The van der Waals surface area contributed by atoms with Crippen LogP contribution >= 0.6 is 22.9 Å². The van der Waals surface area contributed by atoms with Gasteiger partial charge in [-0.3, -0.25) is 4.79 Å². The Hall–Kier alpha value is -2.39. The topological polar surface area (TPSA) is 58.1 Å². The first-order valence-corrected chi connectivity index (χ1v) is 8.57.